The van der Waals surface area contributed by atoms with E-state index in [4.69, 9.17) is 4.74 Å². The van der Waals surface area contributed by atoms with Gasteiger partial charge in [-0.25, -0.2) is 4.79 Å². The van der Waals surface area contributed by atoms with E-state index in [0.717, 1.165) is 37.0 Å². The van der Waals surface area contributed by atoms with E-state index in [-0.39, 0.29) is 34.8 Å². The molecule has 0 radical (unpaired) electrons. The van der Waals surface area contributed by atoms with E-state index in [9.17, 15) is 19.8 Å². The molecule has 1 aromatic heterocycles. The van der Waals surface area contributed by atoms with Crippen LogP contribution in [0.4, 0.5) is 5.69 Å². The second-order valence-electron chi connectivity index (χ2n) is 12.4. The molecule has 1 aromatic carbocycles. The van der Waals surface area contributed by atoms with Crippen molar-refractivity contribution < 1.29 is 24.5 Å². The van der Waals surface area contributed by atoms with Gasteiger partial charge >= 0.3 is 5.97 Å². The van der Waals surface area contributed by atoms with Crippen molar-refractivity contribution in [3.8, 4) is 17.6 Å². The second-order valence-corrected chi connectivity index (χ2v) is 13.4. The molecule has 0 unspecified atom stereocenters. The highest BCUT2D eigenvalue weighted by atomic mass is 32.1. The van der Waals surface area contributed by atoms with Crippen LogP contribution < -0.4 is 9.64 Å². The summed E-state index contributed by atoms with van der Waals surface area (Å²) in [5.74, 6) is 6.49. The SMILES string of the molecule is CC1CCC(C(=O)N(c2cc(C#CC(C)(C)C)sc2C(=O)O)C2CCC(O)(COc3ccccc3)CC2)CC1. The van der Waals surface area contributed by atoms with Crippen LogP contribution in [0.1, 0.15) is 93.6 Å². The first-order chi connectivity index (χ1) is 18.4. The zero-order valence-electron chi connectivity index (χ0n) is 23.5. The van der Waals surface area contributed by atoms with Crippen molar-refractivity contribution in [3.05, 3.63) is 46.2 Å². The largest absolute Gasteiger partial charge is 0.491 e. The molecule has 0 atom stereocenters. The fourth-order valence-corrected chi connectivity index (χ4v) is 6.34. The van der Waals surface area contributed by atoms with Gasteiger partial charge in [0, 0.05) is 17.4 Å². The number of carboxylic acid groups (broad SMARTS) is 1. The molecule has 0 aliphatic heterocycles. The van der Waals surface area contributed by atoms with E-state index in [2.05, 4.69) is 18.8 Å². The van der Waals surface area contributed by atoms with Gasteiger partial charge in [-0.3, -0.25) is 4.79 Å². The molecule has 210 valence electrons. The smallest absolute Gasteiger partial charge is 0.348 e. The summed E-state index contributed by atoms with van der Waals surface area (Å²) in [5, 5.41) is 21.4. The second kappa shape index (κ2) is 12.1. The van der Waals surface area contributed by atoms with Gasteiger partial charge < -0.3 is 19.8 Å². The molecule has 7 heteroatoms. The number of amides is 1. The monoisotopic (exact) mass is 551 g/mol. The van der Waals surface area contributed by atoms with Crippen LogP contribution in [0.2, 0.25) is 0 Å². The number of thiophene rings is 1. The molecule has 2 aromatic rings. The van der Waals surface area contributed by atoms with Crippen molar-refractivity contribution in [2.75, 3.05) is 11.5 Å². The van der Waals surface area contributed by atoms with Gasteiger partial charge in [-0.1, -0.05) is 37.0 Å². The Labute approximate surface area is 236 Å². The number of rotatable bonds is 7. The van der Waals surface area contributed by atoms with Crippen LogP contribution in [-0.2, 0) is 4.79 Å². The summed E-state index contributed by atoms with van der Waals surface area (Å²) in [4.78, 5) is 29.0. The Morgan fingerprint density at radius 3 is 2.31 bits per heavy atom. The lowest BCUT2D eigenvalue weighted by Gasteiger charge is -2.42. The van der Waals surface area contributed by atoms with E-state index in [1.165, 1.54) is 0 Å². The van der Waals surface area contributed by atoms with Crippen LogP contribution in [-0.4, -0.2) is 40.3 Å². The topological polar surface area (TPSA) is 87.1 Å². The number of carbonyl (C=O) groups excluding carboxylic acids is 1. The third-order valence-electron chi connectivity index (χ3n) is 7.83. The van der Waals surface area contributed by atoms with Crippen LogP contribution in [0.25, 0.3) is 0 Å². The lowest BCUT2D eigenvalue weighted by molar-refractivity contribution is -0.124. The maximum absolute atomic E-state index is 14.1. The molecular weight excluding hydrogens is 510 g/mol. The van der Waals surface area contributed by atoms with Crippen molar-refractivity contribution in [1.29, 1.82) is 0 Å². The summed E-state index contributed by atoms with van der Waals surface area (Å²) >= 11 is 1.13. The predicted molar refractivity (Wildman–Crippen MR) is 155 cm³/mol. The molecule has 0 spiro atoms. The molecule has 2 saturated carbocycles. The minimum absolute atomic E-state index is 0.00788. The van der Waals surface area contributed by atoms with E-state index in [0.29, 0.717) is 47.9 Å². The highest BCUT2D eigenvalue weighted by Gasteiger charge is 2.41. The number of hydrogen-bond acceptors (Lipinski definition) is 5. The Balaban J connectivity index is 1.60. The number of carboxylic acids is 1. The van der Waals surface area contributed by atoms with Gasteiger partial charge in [0.1, 0.15) is 17.2 Å². The fraction of sp³-hybridized carbons (Fsp3) is 0.562. The summed E-state index contributed by atoms with van der Waals surface area (Å²) in [6.07, 6.45) is 5.73. The summed E-state index contributed by atoms with van der Waals surface area (Å²) in [7, 11) is 0. The van der Waals surface area contributed by atoms with Gasteiger partial charge in [0.25, 0.3) is 0 Å². The Morgan fingerprint density at radius 2 is 1.72 bits per heavy atom. The molecule has 0 bridgehead atoms. The molecule has 2 aliphatic carbocycles. The number of hydrogen-bond donors (Lipinski definition) is 2. The first-order valence-corrected chi connectivity index (χ1v) is 14.9. The van der Waals surface area contributed by atoms with Crippen molar-refractivity contribution in [2.24, 2.45) is 17.3 Å². The van der Waals surface area contributed by atoms with Crippen LogP contribution in [0, 0.1) is 29.1 Å². The molecule has 0 saturated heterocycles. The maximum atomic E-state index is 14.1. The third kappa shape index (κ3) is 7.64. The van der Waals surface area contributed by atoms with Gasteiger partial charge in [0.05, 0.1) is 16.2 Å². The van der Waals surface area contributed by atoms with Gasteiger partial charge in [-0.2, -0.15) is 0 Å². The lowest BCUT2D eigenvalue weighted by Crippen LogP contribution is -2.50. The number of anilines is 1. The van der Waals surface area contributed by atoms with Crippen molar-refractivity contribution in [2.45, 2.75) is 90.7 Å². The van der Waals surface area contributed by atoms with E-state index >= 15 is 0 Å². The van der Waals surface area contributed by atoms with Gasteiger partial charge in [0.15, 0.2) is 0 Å². The van der Waals surface area contributed by atoms with Gasteiger partial charge in [-0.05, 0) is 96.3 Å². The predicted octanol–water partition coefficient (Wildman–Crippen LogP) is 6.76. The van der Waals surface area contributed by atoms with Crippen LogP contribution in [0.5, 0.6) is 5.75 Å². The van der Waals surface area contributed by atoms with Gasteiger partial charge in [-0.15, -0.1) is 11.3 Å². The van der Waals surface area contributed by atoms with Crippen LogP contribution >= 0.6 is 11.3 Å². The van der Waals surface area contributed by atoms with E-state index in [1.54, 1.807) is 11.0 Å². The molecule has 1 heterocycles. The molecule has 6 nitrogen and oxygen atoms in total. The normalized spacial score (nSPS) is 25.3. The standard InChI is InChI=1S/C32H41NO5S/c1-22-10-12-23(13-11-22)29(34)33(27-20-26(16-17-31(2,3)4)39-28(27)30(35)36)24-14-18-32(37,19-15-24)21-38-25-8-6-5-7-9-25/h5-9,20,22-24,37H,10-15,18-19,21H2,1-4H3,(H,35,36). The van der Waals surface area contributed by atoms with E-state index < -0.39 is 11.6 Å². The molecule has 2 fully saturated rings. The molecule has 2 N–H and O–H groups in total. The number of benzene rings is 1. The lowest BCUT2D eigenvalue weighted by atomic mass is 9.79. The third-order valence-corrected chi connectivity index (χ3v) is 8.86. The Kier molecular flexibility index (Phi) is 9.08. The summed E-state index contributed by atoms with van der Waals surface area (Å²) < 4.78 is 5.87. The Morgan fingerprint density at radius 1 is 1.08 bits per heavy atom. The number of ether oxygens (including phenoxy) is 1. The first-order valence-electron chi connectivity index (χ1n) is 14.1. The molecular formula is C32H41NO5S. The van der Waals surface area contributed by atoms with Crippen molar-refractivity contribution in [1.82, 2.24) is 0 Å². The number of aliphatic hydroxyl groups is 1. The highest BCUT2D eigenvalue weighted by Crippen LogP contribution is 2.40. The molecule has 2 aliphatic rings. The minimum Gasteiger partial charge on any atom is -0.491 e. The van der Waals surface area contributed by atoms with Crippen molar-refractivity contribution >= 4 is 28.9 Å². The molecule has 39 heavy (non-hydrogen) atoms. The Bertz CT molecular complexity index is 1200. The summed E-state index contributed by atoms with van der Waals surface area (Å²) in [6, 6.07) is 11.0. The highest BCUT2D eigenvalue weighted by molar-refractivity contribution is 7.15. The zero-order chi connectivity index (χ0) is 28.2. The minimum atomic E-state index is -1.04. The summed E-state index contributed by atoms with van der Waals surface area (Å²) in [5.41, 5.74) is -0.766. The average Bonchev–Trinajstić information content (AvgIpc) is 3.33. The average molecular weight is 552 g/mol. The number of nitrogens with zero attached hydrogens (tertiary/aromatic N) is 1. The van der Waals surface area contributed by atoms with Crippen LogP contribution in [0.15, 0.2) is 36.4 Å². The molecule has 4 rings (SSSR count). The number of carbonyl (C=O) groups is 2. The molecule has 1 amide bonds. The maximum Gasteiger partial charge on any atom is 0.348 e. The Hall–Kier alpha value is -2.82. The number of aromatic carboxylic acids is 1. The first kappa shape index (κ1) is 29.2. The summed E-state index contributed by atoms with van der Waals surface area (Å²) in [6.45, 7) is 8.44. The van der Waals surface area contributed by atoms with E-state index in [1.807, 2.05) is 51.1 Å². The zero-order valence-corrected chi connectivity index (χ0v) is 24.4. The number of para-hydroxylation sites is 1. The quantitative estimate of drug-likeness (QED) is 0.372. The van der Waals surface area contributed by atoms with Crippen LogP contribution in [0.3, 0.4) is 0 Å². The van der Waals surface area contributed by atoms with Crippen molar-refractivity contribution in [3.63, 3.8) is 0 Å². The van der Waals surface area contributed by atoms with Gasteiger partial charge in [0.2, 0.25) is 5.91 Å². The fourth-order valence-electron chi connectivity index (χ4n) is 5.50.